The van der Waals surface area contributed by atoms with Crippen LogP contribution in [-0.2, 0) is 13.7 Å². The summed E-state index contributed by atoms with van der Waals surface area (Å²) in [7, 11) is 3.44. The number of benzene rings is 3. The molecule has 7 heteroatoms. The number of para-hydroxylation sites is 1. The van der Waals surface area contributed by atoms with E-state index in [1.54, 1.807) is 22.7 Å². The first-order valence-corrected chi connectivity index (χ1v) is 10.8. The summed E-state index contributed by atoms with van der Waals surface area (Å²) in [5.74, 6) is 1.20. The second-order valence-corrected chi connectivity index (χ2v) is 7.93. The molecule has 0 spiro atoms. The largest absolute Gasteiger partial charge is 0.493 e. The summed E-state index contributed by atoms with van der Waals surface area (Å²) >= 11 is 5.95. The third-order valence-corrected chi connectivity index (χ3v) is 5.61. The number of hydrogen-bond donors (Lipinski definition) is 0. The second kappa shape index (κ2) is 9.79. The average Bonchev–Trinajstić information content (AvgIpc) is 3.05. The molecule has 0 aliphatic carbocycles. The van der Waals surface area contributed by atoms with Crippen LogP contribution in [0.2, 0.25) is 5.02 Å². The zero-order chi connectivity index (χ0) is 23.4. The Bertz CT molecular complexity index is 1340. The molecule has 1 heterocycles. The first kappa shape index (κ1) is 22.4. The van der Waals surface area contributed by atoms with Crippen molar-refractivity contribution >= 4 is 23.5 Å². The van der Waals surface area contributed by atoms with Crippen molar-refractivity contribution in [3.63, 3.8) is 0 Å². The maximum Gasteiger partial charge on any atom is 0.297 e. The van der Waals surface area contributed by atoms with Gasteiger partial charge in [0, 0.05) is 18.3 Å². The highest BCUT2D eigenvalue weighted by molar-refractivity contribution is 6.30. The van der Waals surface area contributed by atoms with Crippen LogP contribution in [0.25, 0.3) is 5.69 Å². The van der Waals surface area contributed by atoms with Crippen molar-refractivity contribution in [3.8, 4) is 17.2 Å². The summed E-state index contributed by atoms with van der Waals surface area (Å²) in [6.45, 7) is 2.25. The minimum atomic E-state index is -0.176. The molecule has 4 aromatic rings. The number of aromatic nitrogens is 2. The molecule has 0 saturated carbocycles. The summed E-state index contributed by atoms with van der Waals surface area (Å²) in [5.41, 5.74) is 3.55. The van der Waals surface area contributed by atoms with E-state index in [9.17, 15) is 4.79 Å². The van der Waals surface area contributed by atoms with Crippen LogP contribution in [0.15, 0.2) is 82.6 Å². The summed E-state index contributed by atoms with van der Waals surface area (Å²) in [4.78, 5) is 17.6. The molecule has 3 aromatic carbocycles. The van der Waals surface area contributed by atoms with E-state index < -0.39 is 0 Å². The number of nitrogens with zero attached hydrogens (tertiary/aromatic N) is 3. The van der Waals surface area contributed by atoms with Crippen molar-refractivity contribution in [1.82, 2.24) is 9.36 Å². The Morgan fingerprint density at radius 3 is 2.42 bits per heavy atom. The molecule has 4 rings (SSSR count). The highest BCUT2D eigenvalue weighted by atomic mass is 35.5. The third-order valence-electron chi connectivity index (χ3n) is 5.36. The molecular weight excluding hydrogens is 438 g/mol. The normalized spacial score (nSPS) is 11.2. The van der Waals surface area contributed by atoms with Gasteiger partial charge in [-0.2, -0.15) is 0 Å². The van der Waals surface area contributed by atoms with Crippen LogP contribution >= 0.6 is 11.6 Å². The Labute approximate surface area is 197 Å². The molecule has 0 amide bonds. The molecule has 0 saturated heterocycles. The van der Waals surface area contributed by atoms with E-state index in [2.05, 4.69) is 4.99 Å². The minimum Gasteiger partial charge on any atom is -0.493 e. The third kappa shape index (κ3) is 4.86. The smallest absolute Gasteiger partial charge is 0.297 e. The van der Waals surface area contributed by atoms with Gasteiger partial charge in [-0.3, -0.25) is 9.48 Å². The molecule has 0 bridgehead atoms. The molecule has 168 valence electrons. The van der Waals surface area contributed by atoms with E-state index in [4.69, 9.17) is 21.1 Å². The van der Waals surface area contributed by atoms with Crippen LogP contribution in [0.5, 0.6) is 11.5 Å². The van der Waals surface area contributed by atoms with E-state index in [1.807, 2.05) is 86.8 Å². The maximum absolute atomic E-state index is 13.1. The molecule has 0 aliphatic rings. The summed E-state index contributed by atoms with van der Waals surface area (Å²) in [6, 6.07) is 22.5. The van der Waals surface area contributed by atoms with Crippen molar-refractivity contribution in [2.75, 3.05) is 7.11 Å². The van der Waals surface area contributed by atoms with Crippen molar-refractivity contribution in [1.29, 1.82) is 0 Å². The summed E-state index contributed by atoms with van der Waals surface area (Å²) < 4.78 is 14.8. The van der Waals surface area contributed by atoms with Crippen molar-refractivity contribution in [2.24, 2.45) is 12.0 Å². The highest BCUT2D eigenvalue weighted by Gasteiger charge is 2.15. The maximum atomic E-state index is 13.1. The predicted molar refractivity (Wildman–Crippen MR) is 132 cm³/mol. The van der Waals surface area contributed by atoms with Crippen LogP contribution in [0, 0.1) is 6.92 Å². The van der Waals surface area contributed by atoms with Crippen molar-refractivity contribution in [2.45, 2.75) is 13.5 Å². The fraction of sp³-hybridized carbons (Fsp3) is 0.154. The monoisotopic (exact) mass is 461 g/mol. The number of rotatable bonds is 7. The average molecular weight is 462 g/mol. The quantitative estimate of drug-likeness (QED) is 0.342. The van der Waals surface area contributed by atoms with Crippen LogP contribution in [-0.4, -0.2) is 22.7 Å². The van der Waals surface area contributed by atoms with E-state index in [1.165, 1.54) is 0 Å². The van der Waals surface area contributed by atoms with Crippen LogP contribution in [0.3, 0.4) is 0 Å². The van der Waals surface area contributed by atoms with Crippen LogP contribution < -0.4 is 15.0 Å². The van der Waals surface area contributed by atoms with E-state index >= 15 is 0 Å². The van der Waals surface area contributed by atoms with Gasteiger partial charge in [0.2, 0.25) is 0 Å². The molecule has 0 N–H and O–H groups in total. The van der Waals surface area contributed by atoms with Gasteiger partial charge in [0.1, 0.15) is 6.61 Å². The second-order valence-electron chi connectivity index (χ2n) is 7.49. The first-order valence-electron chi connectivity index (χ1n) is 10.4. The van der Waals surface area contributed by atoms with Crippen molar-refractivity contribution < 1.29 is 9.47 Å². The first-order chi connectivity index (χ1) is 16.0. The number of halogens is 1. The SMILES string of the molecule is COc1ccc(C=Nc2c(C)n(C)n(-c3ccccc3)c2=O)cc1OCc1ccc(Cl)cc1. The van der Waals surface area contributed by atoms with Gasteiger partial charge >= 0.3 is 0 Å². The number of ether oxygens (including phenoxy) is 2. The topological polar surface area (TPSA) is 57.8 Å². The molecule has 0 aliphatic heterocycles. The fourth-order valence-electron chi connectivity index (χ4n) is 3.47. The lowest BCUT2D eigenvalue weighted by atomic mass is 10.2. The Morgan fingerprint density at radius 1 is 1.00 bits per heavy atom. The predicted octanol–water partition coefficient (Wildman–Crippen LogP) is 5.48. The molecule has 1 aromatic heterocycles. The lowest BCUT2D eigenvalue weighted by molar-refractivity contribution is 0.284. The minimum absolute atomic E-state index is 0.176. The summed E-state index contributed by atoms with van der Waals surface area (Å²) in [6.07, 6.45) is 1.66. The van der Waals surface area contributed by atoms with Gasteiger partial charge in [0.25, 0.3) is 5.56 Å². The van der Waals surface area contributed by atoms with Gasteiger partial charge < -0.3 is 9.47 Å². The highest BCUT2D eigenvalue weighted by Crippen LogP contribution is 2.29. The summed E-state index contributed by atoms with van der Waals surface area (Å²) in [5, 5.41) is 0.678. The zero-order valence-corrected chi connectivity index (χ0v) is 19.4. The van der Waals surface area contributed by atoms with Gasteiger partial charge in [-0.05, 0) is 60.5 Å². The Morgan fingerprint density at radius 2 is 1.73 bits per heavy atom. The van der Waals surface area contributed by atoms with Gasteiger partial charge in [-0.1, -0.05) is 41.9 Å². The molecule has 0 fully saturated rings. The number of aliphatic imine (C=N–C) groups is 1. The number of hydrogen-bond acceptors (Lipinski definition) is 4. The fourth-order valence-corrected chi connectivity index (χ4v) is 3.60. The Hall–Kier alpha value is -3.77. The molecule has 33 heavy (non-hydrogen) atoms. The zero-order valence-electron chi connectivity index (χ0n) is 18.7. The molecule has 0 atom stereocenters. The molecule has 0 unspecified atom stereocenters. The van der Waals surface area contributed by atoms with E-state index in [-0.39, 0.29) is 5.56 Å². The van der Waals surface area contributed by atoms with E-state index in [0.29, 0.717) is 28.8 Å². The van der Waals surface area contributed by atoms with Gasteiger partial charge in [0.15, 0.2) is 17.2 Å². The van der Waals surface area contributed by atoms with Gasteiger partial charge in [-0.15, -0.1) is 0 Å². The molecule has 6 nitrogen and oxygen atoms in total. The molecule has 0 radical (unpaired) electrons. The van der Waals surface area contributed by atoms with Crippen LogP contribution in [0.1, 0.15) is 16.8 Å². The van der Waals surface area contributed by atoms with E-state index in [0.717, 1.165) is 22.5 Å². The Kier molecular flexibility index (Phi) is 6.66. The standard InChI is InChI=1S/C26H24ClN3O3/c1-18-25(26(31)30(29(18)2)22-7-5-4-6-8-22)28-16-20-11-14-23(32-3)24(15-20)33-17-19-9-12-21(27)13-10-19/h4-16H,17H2,1-3H3. The lowest BCUT2D eigenvalue weighted by Crippen LogP contribution is -2.19. The van der Waals surface area contributed by atoms with Gasteiger partial charge in [0.05, 0.1) is 18.5 Å². The lowest BCUT2D eigenvalue weighted by Gasteiger charge is -2.11. The molecular formula is C26H24ClN3O3. The van der Waals surface area contributed by atoms with Gasteiger partial charge in [-0.25, -0.2) is 9.67 Å². The van der Waals surface area contributed by atoms with Crippen LogP contribution in [0.4, 0.5) is 5.69 Å². The van der Waals surface area contributed by atoms with Crippen molar-refractivity contribution in [3.05, 3.63) is 105 Å². The Balaban J connectivity index is 1.60. The number of methoxy groups -OCH3 is 1.